The maximum Gasteiger partial charge on any atom is 0.304 e. The number of aliphatic carboxylic acids is 1. The van der Waals surface area contributed by atoms with Crippen molar-refractivity contribution in [2.24, 2.45) is 0 Å². The van der Waals surface area contributed by atoms with Gasteiger partial charge >= 0.3 is 5.97 Å². The zero-order chi connectivity index (χ0) is 12.3. The van der Waals surface area contributed by atoms with Crippen LogP contribution >= 0.6 is 15.9 Å². The van der Waals surface area contributed by atoms with Gasteiger partial charge < -0.3 is 9.52 Å². The van der Waals surface area contributed by atoms with Crippen molar-refractivity contribution in [2.45, 2.75) is 12.3 Å². The van der Waals surface area contributed by atoms with E-state index in [0.717, 1.165) is 10.0 Å². The topological polar surface area (TPSA) is 63.3 Å². The molecule has 0 bridgehead atoms. The lowest BCUT2D eigenvalue weighted by atomic mass is 9.96. The molecule has 0 aliphatic heterocycles. The average molecular weight is 296 g/mol. The molecule has 1 aromatic heterocycles. The fourth-order valence-corrected chi connectivity index (χ4v) is 2.07. The van der Waals surface area contributed by atoms with Crippen LogP contribution < -0.4 is 0 Å². The van der Waals surface area contributed by atoms with Gasteiger partial charge in [-0.15, -0.1) is 0 Å². The molecule has 0 spiro atoms. The molecule has 1 N–H and O–H groups in total. The minimum atomic E-state index is -0.881. The fourth-order valence-electron chi connectivity index (χ4n) is 1.65. The molecule has 1 heterocycles. The fraction of sp³-hybridized carbons (Fsp3) is 0.167. The van der Waals surface area contributed by atoms with E-state index < -0.39 is 5.97 Å². The van der Waals surface area contributed by atoms with E-state index in [1.54, 1.807) is 0 Å². The van der Waals surface area contributed by atoms with Crippen LogP contribution in [0.15, 0.2) is 45.6 Å². The number of carboxylic acid groups (broad SMARTS) is 1. The van der Waals surface area contributed by atoms with Crippen LogP contribution in [0.4, 0.5) is 0 Å². The Balaban J connectivity index is 2.36. The second-order valence-corrected chi connectivity index (χ2v) is 4.49. The van der Waals surface area contributed by atoms with Crippen molar-refractivity contribution in [1.29, 1.82) is 0 Å². The predicted octanol–water partition coefficient (Wildman–Crippen LogP) is 3.04. The normalized spacial score (nSPS) is 12.3. The molecule has 4 nitrogen and oxygen atoms in total. The van der Waals surface area contributed by atoms with Crippen LogP contribution in [-0.4, -0.2) is 16.1 Å². The molecule has 0 radical (unpaired) electrons. The van der Waals surface area contributed by atoms with E-state index in [0.29, 0.717) is 5.89 Å². The van der Waals surface area contributed by atoms with Crippen molar-refractivity contribution in [2.75, 3.05) is 0 Å². The van der Waals surface area contributed by atoms with E-state index in [1.165, 1.54) is 12.5 Å². The molecule has 2 rings (SSSR count). The van der Waals surface area contributed by atoms with E-state index in [1.807, 2.05) is 24.3 Å². The van der Waals surface area contributed by atoms with Crippen LogP contribution in [0.1, 0.15) is 23.8 Å². The summed E-state index contributed by atoms with van der Waals surface area (Å²) in [5, 5.41) is 8.93. The van der Waals surface area contributed by atoms with Crippen molar-refractivity contribution in [3.05, 3.63) is 52.7 Å². The smallest absolute Gasteiger partial charge is 0.304 e. The van der Waals surface area contributed by atoms with Crippen molar-refractivity contribution < 1.29 is 14.3 Å². The van der Waals surface area contributed by atoms with Crippen molar-refractivity contribution in [3.8, 4) is 0 Å². The molecule has 5 heteroatoms. The third kappa shape index (κ3) is 2.94. The molecule has 17 heavy (non-hydrogen) atoms. The summed E-state index contributed by atoms with van der Waals surface area (Å²) in [6, 6.07) is 7.48. The van der Waals surface area contributed by atoms with Gasteiger partial charge in [-0.1, -0.05) is 28.1 Å². The van der Waals surface area contributed by atoms with E-state index in [4.69, 9.17) is 9.52 Å². The summed E-state index contributed by atoms with van der Waals surface area (Å²) in [6.45, 7) is 0. The maximum absolute atomic E-state index is 10.9. The third-order valence-electron chi connectivity index (χ3n) is 2.38. The highest BCUT2D eigenvalue weighted by Gasteiger charge is 2.21. The second kappa shape index (κ2) is 5.14. The average Bonchev–Trinajstić information content (AvgIpc) is 2.79. The molecule has 0 saturated heterocycles. The first-order valence-corrected chi connectivity index (χ1v) is 5.83. The van der Waals surface area contributed by atoms with E-state index in [9.17, 15) is 4.79 Å². The minimum Gasteiger partial charge on any atom is -0.481 e. The molecule has 2 aromatic rings. The first-order chi connectivity index (χ1) is 8.16. The number of carbonyl (C=O) groups is 1. The number of hydrogen-bond acceptors (Lipinski definition) is 3. The molecular formula is C12H10BrNO3. The van der Waals surface area contributed by atoms with Gasteiger partial charge in [-0.3, -0.25) is 4.79 Å². The standard InChI is InChI=1S/C12H10BrNO3/c13-9-3-1-2-8(6-9)10(7-11(15)16)12-14-4-5-17-12/h1-6,10H,7H2,(H,15,16). The maximum atomic E-state index is 10.9. The molecule has 0 aliphatic carbocycles. The van der Waals surface area contributed by atoms with Crippen LogP contribution in [0, 0.1) is 0 Å². The Hall–Kier alpha value is -1.62. The van der Waals surface area contributed by atoms with Crippen molar-refractivity contribution in [1.82, 2.24) is 4.98 Å². The third-order valence-corrected chi connectivity index (χ3v) is 2.87. The minimum absolute atomic E-state index is 0.0447. The Morgan fingerprint density at radius 2 is 2.35 bits per heavy atom. The lowest BCUT2D eigenvalue weighted by Crippen LogP contribution is -2.08. The molecule has 0 aliphatic rings. The molecule has 1 unspecified atom stereocenters. The van der Waals surface area contributed by atoms with Gasteiger partial charge in [-0.2, -0.15) is 0 Å². The summed E-state index contributed by atoms with van der Waals surface area (Å²) in [7, 11) is 0. The molecule has 0 amide bonds. The monoisotopic (exact) mass is 295 g/mol. The molecule has 1 atom stereocenters. The number of aromatic nitrogens is 1. The van der Waals surface area contributed by atoms with Gasteiger partial charge in [0.25, 0.3) is 0 Å². The van der Waals surface area contributed by atoms with Crippen LogP contribution in [0.3, 0.4) is 0 Å². The summed E-state index contributed by atoms with van der Waals surface area (Å²) in [4.78, 5) is 14.9. The SMILES string of the molecule is O=C(O)CC(c1cccc(Br)c1)c1ncco1. The summed E-state index contributed by atoms with van der Waals surface area (Å²) in [5.41, 5.74) is 0.865. The summed E-state index contributed by atoms with van der Waals surface area (Å²) in [6.07, 6.45) is 2.92. The van der Waals surface area contributed by atoms with Gasteiger partial charge in [0.05, 0.1) is 18.5 Å². The Morgan fingerprint density at radius 1 is 1.53 bits per heavy atom. The number of hydrogen-bond donors (Lipinski definition) is 1. The number of benzene rings is 1. The van der Waals surface area contributed by atoms with Gasteiger partial charge in [0.1, 0.15) is 6.26 Å². The second-order valence-electron chi connectivity index (χ2n) is 3.58. The number of halogens is 1. The van der Waals surface area contributed by atoms with Crippen LogP contribution in [0.5, 0.6) is 0 Å². The van der Waals surface area contributed by atoms with Gasteiger partial charge in [0, 0.05) is 4.47 Å². The van der Waals surface area contributed by atoms with E-state index >= 15 is 0 Å². The van der Waals surface area contributed by atoms with Gasteiger partial charge in [0.15, 0.2) is 0 Å². The Morgan fingerprint density at radius 3 is 2.94 bits per heavy atom. The molecule has 88 valence electrons. The van der Waals surface area contributed by atoms with Crippen molar-refractivity contribution >= 4 is 21.9 Å². The highest BCUT2D eigenvalue weighted by Crippen LogP contribution is 2.28. The lowest BCUT2D eigenvalue weighted by molar-refractivity contribution is -0.137. The molecule has 1 aromatic carbocycles. The molecule has 0 fully saturated rings. The number of rotatable bonds is 4. The summed E-state index contributed by atoms with van der Waals surface area (Å²) < 4.78 is 6.10. The Kier molecular flexibility index (Phi) is 3.58. The number of carboxylic acids is 1. The number of oxazole rings is 1. The van der Waals surface area contributed by atoms with Gasteiger partial charge in [-0.25, -0.2) is 4.98 Å². The van der Waals surface area contributed by atoms with Crippen LogP contribution in [0.25, 0.3) is 0 Å². The quantitative estimate of drug-likeness (QED) is 0.942. The van der Waals surface area contributed by atoms with Crippen molar-refractivity contribution in [3.63, 3.8) is 0 Å². The largest absolute Gasteiger partial charge is 0.481 e. The highest BCUT2D eigenvalue weighted by molar-refractivity contribution is 9.10. The van der Waals surface area contributed by atoms with Crippen LogP contribution in [0.2, 0.25) is 0 Å². The molecule has 0 saturated carbocycles. The zero-order valence-corrected chi connectivity index (χ0v) is 10.4. The number of nitrogens with zero attached hydrogens (tertiary/aromatic N) is 1. The predicted molar refractivity (Wildman–Crippen MR) is 64.7 cm³/mol. The Bertz CT molecular complexity index is 510. The lowest BCUT2D eigenvalue weighted by Gasteiger charge is -2.11. The van der Waals surface area contributed by atoms with Gasteiger partial charge in [0.2, 0.25) is 5.89 Å². The zero-order valence-electron chi connectivity index (χ0n) is 8.84. The van der Waals surface area contributed by atoms with E-state index in [-0.39, 0.29) is 12.3 Å². The Labute approximate surface area is 106 Å². The summed E-state index contributed by atoms with van der Waals surface area (Å²) >= 11 is 3.36. The first kappa shape index (κ1) is 11.9. The van der Waals surface area contributed by atoms with Gasteiger partial charge in [-0.05, 0) is 17.7 Å². The molecular weight excluding hydrogens is 286 g/mol. The summed E-state index contributed by atoms with van der Waals surface area (Å²) in [5.74, 6) is -0.821. The highest BCUT2D eigenvalue weighted by atomic mass is 79.9. The van der Waals surface area contributed by atoms with E-state index in [2.05, 4.69) is 20.9 Å². The first-order valence-electron chi connectivity index (χ1n) is 5.03. The van der Waals surface area contributed by atoms with Crippen LogP contribution in [-0.2, 0) is 4.79 Å².